The van der Waals surface area contributed by atoms with Gasteiger partial charge in [-0.05, 0) is 37.8 Å². The van der Waals surface area contributed by atoms with Crippen LogP contribution < -0.4 is 11.1 Å². The average Bonchev–Trinajstić information content (AvgIpc) is 2.64. The van der Waals surface area contributed by atoms with Crippen LogP contribution in [-0.2, 0) is 12.8 Å². The summed E-state index contributed by atoms with van der Waals surface area (Å²) in [6, 6.07) is 4.53. The maximum atomic E-state index is 5.54. The molecule has 0 aliphatic heterocycles. The second-order valence-corrected chi connectivity index (χ2v) is 3.94. The van der Waals surface area contributed by atoms with Crippen molar-refractivity contribution in [1.82, 2.24) is 4.98 Å². The fraction of sp³-hybridized carbons (Fsp3) is 0.545. The summed E-state index contributed by atoms with van der Waals surface area (Å²) >= 11 is 0. The standard InChI is InChI=1S/C11H17N3/c1-8(7-12)13-11-6-5-9-3-2-4-10(9)14-11/h5-6,8H,2-4,7,12H2,1H3,(H,13,14). The van der Waals surface area contributed by atoms with E-state index in [1.807, 2.05) is 0 Å². The van der Waals surface area contributed by atoms with Crippen LogP contribution in [0.1, 0.15) is 24.6 Å². The van der Waals surface area contributed by atoms with Crippen molar-refractivity contribution in [3.8, 4) is 0 Å². The Morgan fingerprint density at radius 1 is 1.50 bits per heavy atom. The minimum atomic E-state index is 0.293. The molecule has 1 aliphatic carbocycles. The highest BCUT2D eigenvalue weighted by molar-refractivity contribution is 5.41. The van der Waals surface area contributed by atoms with Gasteiger partial charge in [-0.25, -0.2) is 4.98 Å². The van der Waals surface area contributed by atoms with E-state index in [1.165, 1.54) is 24.1 Å². The quantitative estimate of drug-likeness (QED) is 0.757. The first-order chi connectivity index (χ1) is 6.79. The van der Waals surface area contributed by atoms with E-state index in [0.717, 1.165) is 12.2 Å². The summed E-state index contributed by atoms with van der Waals surface area (Å²) in [7, 11) is 0. The van der Waals surface area contributed by atoms with Gasteiger partial charge in [0.25, 0.3) is 0 Å². The topological polar surface area (TPSA) is 50.9 Å². The molecule has 0 saturated heterocycles. The highest BCUT2D eigenvalue weighted by Gasteiger charge is 2.12. The Balaban J connectivity index is 2.12. The third-order valence-corrected chi connectivity index (χ3v) is 2.68. The lowest BCUT2D eigenvalue weighted by Gasteiger charge is -2.12. The van der Waals surface area contributed by atoms with Crippen molar-refractivity contribution in [1.29, 1.82) is 0 Å². The minimum Gasteiger partial charge on any atom is -0.366 e. The third kappa shape index (κ3) is 1.87. The lowest BCUT2D eigenvalue weighted by molar-refractivity contribution is 0.796. The number of aryl methyl sites for hydroxylation is 2. The average molecular weight is 191 g/mol. The number of fused-ring (bicyclic) bond motifs is 1. The van der Waals surface area contributed by atoms with Crippen molar-refractivity contribution < 1.29 is 0 Å². The van der Waals surface area contributed by atoms with Crippen LogP contribution in [0, 0.1) is 0 Å². The molecule has 2 rings (SSSR count). The van der Waals surface area contributed by atoms with Crippen LogP contribution in [0.3, 0.4) is 0 Å². The minimum absolute atomic E-state index is 0.293. The number of nitrogens with zero attached hydrogens (tertiary/aromatic N) is 1. The first-order valence-electron chi connectivity index (χ1n) is 5.25. The van der Waals surface area contributed by atoms with Gasteiger partial charge in [0.1, 0.15) is 5.82 Å². The smallest absolute Gasteiger partial charge is 0.126 e. The van der Waals surface area contributed by atoms with Crippen LogP contribution in [0.5, 0.6) is 0 Å². The molecule has 0 spiro atoms. The number of nitrogens with two attached hydrogens (primary N) is 1. The molecule has 0 bridgehead atoms. The van der Waals surface area contributed by atoms with Crippen LogP contribution in [0.2, 0.25) is 0 Å². The zero-order chi connectivity index (χ0) is 9.97. The predicted octanol–water partition coefficient (Wildman–Crippen LogP) is 1.33. The number of pyridine rings is 1. The number of anilines is 1. The lowest BCUT2D eigenvalue weighted by atomic mass is 10.2. The van der Waals surface area contributed by atoms with Crippen LogP contribution in [-0.4, -0.2) is 17.6 Å². The SMILES string of the molecule is CC(CN)Nc1ccc2c(n1)CCC2. The van der Waals surface area contributed by atoms with Gasteiger partial charge in [0.05, 0.1) is 0 Å². The van der Waals surface area contributed by atoms with Crippen molar-refractivity contribution in [3.63, 3.8) is 0 Å². The zero-order valence-electron chi connectivity index (χ0n) is 8.59. The molecule has 1 atom stereocenters. The second kappa shape index (κ2) is 3.96. The number of hydrogen-bond acceptors (Lipinski definition) is 3. The molecule has 1 aliphatic rings. The van der Waals surface area contributed by atoms with E-state index in [2.05, 4.69) is 29.4 Å². The maximum Gasteiger partial charge on any atom is 0.126 e. The largest absolute Gasteiger partial charge is 0.366 e. The van der Waals surface area contributed by atoms with E-state index in [4.69, 9.17) is 5.73 Å². The van der Waals surface area contributed by atoms with Gasteiger partial charge in [0, 0.05) is 18.3 Å². The molecule has 3 nitrogen and oxygen atoms in total. The highest BCUT2D eigenvalue weighted by atomic mass is 15.0. The van der Waals surface area contributed by atoms with Crippen molar-refractivity contribution >= 4 is 5.82 Å². The van der Waals surface area contributed by atoms with Crippen LogP contribution >= 0.6 is 0 Å². The number of nitrogens with one attached hydrogen (secondary N) is 1. The van der Waals surface area contributed by atoms with Crippen molar-refractivity contribution in [2.24, 2.45) is 5.73 Å². The number of rotatable bonds is 3. The molecule has 3 heteroatoms. The Morgan fingerprint density at radius 2 is 2.36 bits per heavy atom. The van der Waals surface area contributed by atoms with Crippen LogP contribution in [0.4, 0.5) is 5.82 Å². The normalized spacial score (nSPS) is 16.4. The Hall–Kier alpha value is -1.09. The number of aromatic nitrogens is 1. The summed E-state index contributed by atoms with van der Waals surface area (Å²) in [6.45, 7) is 2.70. The molecule has 0 saturated carbocycles. The first kappa shape index (κ1) is 9.46. The summed E-state index contributed by atoms with van der Waals surface area (Å²) in [5.41, 5.74) is 8.22. The highest BCUT2D eigenvalue weighted by Crippen LogP contribution is 2.21. The molecule has 14 heavy (non-hydrogen) atoms. The van der Waals surface area contributed by atoms with E-state index < -0.39 is 0 Å². The molecule has 1 aromatic rings. The fourth-order valence-corrected chi connectivity index (χ4v) is 1.81. The Labute approximate surface area is 84.7 Å². The van der Waals surface area contributed by atoms with Gasteiger partial charge in [-0.1, -0.05) is 6.07 Å². The molecule has 0 fully saturated rings. The van der Waals surface area contributed by atoms with Crippen molar-refractivity contribution in [2.75, 3.05) is 11.9 Å². The van der Waals surface area contributed by atoms with Crippen molar-refractivity contribution in [3.05, 3.63) is 23.4 Å². The molecule has 0 amide bonds. The van der Waals surface area contributed by atoms with Gasteiger partial charge in [-0.2, -0.15) is 0 Å². The van der Waals surface area contributed by atoms with Gasteiger partial charge >= 0.3 is 0 Å². The van der Waals surface area contributed by atoms with Crippen LogP contribution in [0.15, 0.2) is 12.1 Å². The summed E-state index contributed by atoms with van der Waals surface area (Å²) < 4.78 is 0. The van der Waals surface area contributed by atoms with Gasteiger partial charge in [-0.15, -0.1) is 0 Å². The van der Waals surface area contributed by atoms with E-state index in [9.17, 15) is 0 Å². The van der Waals surface area contributed by atoms with E-state index >= 15 is 0 Å². The second-order valence-electron chi connectivity index (χ2n) is 3.94. The monoisotopic (exact) mass is 191 g/mol. The molecule has 3 N–H and O–H groups in total. The summed E-state index contributed by atoms with van der Waals surface area (Å²) in [4.78, 5) is 4.57. The van der Waals surface area contributed by atoms with E-state index in [1.54, 1.807) is 0 Å². The molecule has 1 heterocycles. The summed E-state index contributed by atoms with van der Waals surface area (Å²) in [5.74, 6) is 0.962. The molecule has 1 aromatic heterocycles. The molecular formula is C11H17N3. The summed E-state index contributed by atoms with van der Waals surface area (Å²) in [5, 5.41) is 3.29. The molecule has 0 aromatic carbocycles. The van der Waals surface area contributed by atoms with Crippen LogP contribution in [0.25, 0.3) is 0 Å². The number of hydrogen-bond donors (Lipinski definition) is 2. The Kier molecular flexibility index (Phi) is 2.68. The van der Waals surface area contributed by atoms with E-state index in [0.29, 0.717) is 12.6 Å². The molecule has 0 radical (unpaired) electrons. The van der Waals surface area contributed by atoms with Gasteiger partial charge in [-0.3, -0.25) is 0 Å². The third-order valence-electron chi connectivity index (χ3n) is 2.68. The Bertz CT molecular complexity index is 322. The summed E-state index contributed by atoms with van der Waals surface area (Å²) in [6.07, 6.45) is 3.56. The van der Waals surface area contributed by atoms with E-state index in [-0.39, 0.29) is 0 Å². The molecular weight excluding hydrogens is 174 g/mol. The molecule has 76 valence electrons. The lowest BCUT2D eigenvalue weighted by Crippen LogP contribution is -2.25. The zero-order valence-corrected chi connectivity index (χ0v) is 8.59. The fourth-order valence-electron chi connectivity index (χ4n) is 1.81. The van der Waals surface area contributed by atoms with Gasteiger partial charge < -0.3 is 11.1 Å². The maximum absolute atomic E-state index is 5.54. The predicted molar refractivity (Wildman–Crippen MR) is 58.4 cm³/mol. The van der Waals surface area contributed by atoms with Crippen molar-refractivity contribution in [2.45, 2.75) is 32.2 Å². The Morgan fingerprint density at radius 3 is 3.14 bits per heavy atom. The van der Waals surface area contributed by atoms with Gasteiger partial charge in [0.2, 0.25) is 0 Å². The first-order valence-corrected chi connectivity index (χ1v) is 5.25. The van der Waals surface area contributed by atoms with Gasteiger partial charge in [0.15, 0.2) is 0 Å². The molecule has 1 unspecified atom stereocenters.